The van der Waals surface area contributed by atoms with Gasteiger partial charge in [-0.25, -0.2) is 9.97 Å². The van der Waals surface area contributed by atoms with Gasteiger partial charge < -0.3 is 14.8 Å². The number of rotatable bonds is 10. The minimum absolute atomic E-state index is 0.0998. The van der Waals surface area contributed by atoms with Gasteiger partial charge >= 0.3 is 5.97 Å². The third-order valence-electron chi connectivity index (χ3n) is 3.38. The topological polar surface area (TPSA) is 88.2 Å². The maximum Gasteiger partial charge on any atom is 0.303 e. The average molecular weight is 382 g/mol. The summed E-state index contributed by atoms with van der Waals surface area (Å²) in [7, 11) is 0. The number of oxazole rings is 1. The van der Waals surface area contributed by atoms with Crippen LogP contribution in [-0.2, 0) is 17.0 Å². The van der Waals surface area contributed by atoms with Gasteiger partial charge in [0.2, 0.25) is 5.89 Å². The second-order valence-electron chi connectivity index (χ2n) is 6.49. The molecule has 0 bridgehead atoms. The Labute approximate surface area is 155 Å². The van der Waals surface area contributed by atoms with Crippen molar-refractivity contribution in [2.75, 3.05) is 5.32 Å². The Morgan fingerprint density at radius 2 is 2.16 bits per heavy atom. The molecule has 0 fully saturated rings. The van der Waals surface area contributed by atoms with Crippen LogP contribution in [0.1, 0.15) is 45.3 Å². The van der Waals surface area contributed by atoms with Crippen molar-refractivity contribution < 1.29 is 14.3 Å². The second-order valence-corrected chi connectivity index (χ2v) is 8.79. The molecule has 0 spiro atoms. The molecule has 0 radical (unpaired) electrons. The second kappa shape index (κ2) is 8.53. The van der Waals surface area contributed by atoms with Gasteiger partial charge in [0.25, 0.3) is 0 Å². The Hall–Kier alpha value is -1.80. The Kier molecular flexibility index (Phi) is 6.66. The summed E-state index contributed by atoms with van der Waals surface area (Å²) in [6.07, 6.45) is 5.07. The summed E-state index contributed by atoms with van der Waals surface area (Å²) in [5.74, 6) is 1.46. The summed E-state index contributed by atoms with van der Waals surface area (Å²) in [5.41, 5.74) is 0.407. The number of hydrogen-bond donors (Lipinski definition) is 2. The molecule has 0 unspecified atom stereocenters. The average Bonchev–Trinajstić information content (AvgIpc) is 3.11. The smallest absolute Gasteiger partial charge is 0.303 e. The highest BCUT2D eigenvalue weighted by molar-refractivity contribution is 8.00. The summed E-state index contributed by atoms with van der Waals surface area (Å²) < 4.78 is 6.64. The van der Waals surface area contributed by atoms with Crippen LogP contribution in [0.15, 0.2) is 33.3 Å². The van der Waals surface area contributed by atoms with Crippen LogP contribution in [0, 0.1) is 5.41 Å². The first kappa shape index (κ1) is 19.5. The number of aromatic nitrogens is 2. The Morgan fingerprint density at radius 3 is 2.80 bits per heavy atom. The molecule has 0 aliphatic carbocycles. The highest BCUT2D eigenvalue weighted by Crippen LogP contribution is 2.33. The molecule has 0 aliphatic heterocycles. The molecule has 0 aliphatic rings. The number of thioether (sulfide) groups is 1. The van der Waals surface area contributed by atoms with Crippen molar-refractivity contribution in [2.24, 2.45) is 5.41 Å². The number of carboxylic acid groups (broad SMARTS) is 1. The van der Waals surface area contributed by atoms with Crippen molar-refractivity contribution in [1.82, 2.24) is 9.97 Å². The first-order valence-corrected chi connectivity index (χ1v) is 9.76. The van der Waals surface area contributed by atoms with E-state index in [1.165, 1.54) is 11.3 Å². The molecule has 2 rings (SSSR count). The molecule has 0 amide bonds. The molecule has 0 saturated carbocycles. The van der Waals surface area contributed by atoms with Crippen LogP contribution in [0.2, 0.25) is 0 Å². The van der Waals surface area contributed by atoms with Crippen molar-refractivity contribution in [3.63, 3.8) is 0 Å². The van der Waals surface area contributed by atoms with Crippen LogP contribution >= 0.6 is 23.1 Å². The van der Waals surface area contributed by atoms with E-state index in [0.29, 0.717) is 18.1 Å². The number of allylic oxidation sites excluding steroid dienone is 1. The van der Waals surface area contributed by atoms with Gasteiger partial charge in [-0.3, -0.25) is 4.79 Å². The molecule has 2 N–H and O–H groups in total. The van der Waals surface area contributed by atoms with Crippen molar-refractivity contribution in [2.45, 2.75) is 50.0 Å². The van der Waals surface area contributed by atoms with Crippen LogP contribution in [0.3, 0.4) is 0 Å². The standard InChI is InChI=1S/C17H23N3O3S2/c1-5-12-8-18-13(23-12)10-24-15-9-19-16(25-15)20-11(2)6-17(3,4)7-14(21)22/h8-9H,2,5-7,10H2,1,3-4H3,(H,19,20)(H,21,22). The number of aryl methyl sites for hydroxylation is 1. The van der Waals surface area contributed by atoms with Gasteiger partial charge in [-0.2, -0.15) is 0 Å². The van der Waals surface area contributed by atoms with Crippen LogP contribution in [0.4, 0.5) is 5.13 Å². The maximum atomic E-state index is 10.9. The van der Waals surface area contributed by atoms with Gasteiger partial charge in [-0.15, -0.1) is 11.8 Å². The van der Waals surface area contributed by atoms with Crippen LogP contribution < -0.4 is 5.32 Å². The van der Waals surface area contributed by atoms with E-state index in [1.807, 2.05) is 20.8 Å². The lowest BCUT2D eigenvalue weighted by atomic mass is 9.84. The summed E-state index contributed by atoms with van der Waals surface area (Å²) >= 11 is 3.15. The highest BCUT2D eigenvalue weighted by Gasteiger charge is 2.23. The van der Waals surface area contributed by atoms with E-state index in [-0.39, 0.29) is 11.8 Å². The molecule has 6 nitrogen and oxygen atoms in total. The van der Waals surface area contributed by atoms with Crippen molar-refractivity contribution in [3.05, 3.63) is 36.3 Å². The van der Waals surface area contributed by atoms with E-state index < -0.39 is 5.97 Å². The molecule has 0 aromatic carbocycles. The fraction of sp³-hybridized carbons (Fsp3) is 0.471. The largest absolute Gasteiger partial charge is 0.481 e. The van der Waals surface area contributed by atoms with E-state index in [4.69, 9.17) is 9.52 Å². The van der Waals surface area contributed by atoms with Crippen LogP contribution in [-0.4, -0.2) is 21.0 Å². The van der Waals surface area contributed by atoms with E-state index >= 15 is 0 Å². The molecular weight excluding hydrogens is 358 g/mol. The van der Waals surface area contributed by atoms with Gasteiger partial charge in [-0.1, -0.05) is 38.7 Å². The predicted molar refractivity (Wildman–Crippen MR) is 101 cm³/mol. The van der Waals surface area contributed by atoms with E-state index in [2.05, 4.69) is 21.9 Å². The summed E-state index contributed by atoms with van der Waals surface area (Å²) in [4.78, 5) is 19.5. The number of carbonyl (C=O) groups is 1. The molecule has 0 saturated heterocycles. The van der Waals surface area contributed by atoms with E-state index in [0.717, 1.165) is 27.2 Å². The van der Waals surface area contributed by atoms with Gasteiger partial charge in [0.05, 0.1) is 28.8 Å². The SMILES string of the molecule is C=C(CC(C)(C)CC(=O)O)Nc1ncc(SCc2ncc(CC)o2)s1. The zero-order valence-electron chi connectivity index (χ0n) is 14.7. The number of thiazole rings is 1. The fourth-order valence-electron chi connectivity index (χ4n) is 2.34. The minimum Gasteiger partial charge on any atom is -0.481 e. The van der Waals surface area contributed by atoms with E-state index in [9.17, 15) is 4.79 Å². The highest BCUT2D eigenvalue weighted by atomic mass is 32.2. The number of carboxylic acids is 1. The Balaban J connectivity index is 1.84. The molecule has 2 aromatic heterocycles. The van der Waals surface area contributed by atoms with Gasteiger partial charge in [0.15, 0.2) is 5.13 Å². The zero-order valence-corrected chi connectivity index (χ0v) is 16.3. The van der Waals surface area contributed by atoms with Crippen molar-refractivity contribution in [3.8, 4) is 0 Å². The van der Waals surface area contributed by atoms with E-state index in [1.54, 1.807) is 24.2 Å². The summed E-state index contributed by atoms with van der Waals surface area (Å²) in [6.45, 7) is 9.85. The van der Waals surface area contributed by atoms with Gasteiger partial charge in [0, 0.05) is 12.1 Å². The summed E-state index contributed by atoms with van der Waals surface area (Å²) in [5, 5.41) is 12.9. The monoisotopic (exact) mass is 381 g/mol. The molecule has 2 heterocycles. The molecule has 2 aromatic rings. The lowest BCUT2D eigenvalue weighted by Crippen LogP contribution is -2.19. The number of nitrogens with one attached hydrogen (secondary N) is 1. The first-order chi connectivity index (χ1) is 11.8. The Morgan fingerprint density at radius 1 is 1.40 bits per heavy atom. The lowest BCUT2D eigenvalue weighted by molar-refractivity contribution is -0.139. The number of nitrogens with zero attached hydrogens (tertiary/aromatic N) is 2. The maximum absolute atomic E-state index is 10.9. The molecule has 0 atom stereocenters. The third kappa shape index (κ3) is 6.55. The third-order valence-corrected chi connectivity index (χ3v) is 5.47. The predicted octanol–water partition coefficient (Wildman–Crippen LogP) is 4.80. The lowest BCUT2D eigenvalue weighted by Gasteiger charge is -2.23. The number of anilines is 1. The van der Waals surface area contributed by atoms with Crippen LogP contribution in [0.5, 0.6) is 0 Å². The van der Waals surface area contributed by atoms with Crippen molar-refractivity contribution >= 4 is 34.2 Å². The fourth-order valence-corrected chi connectivity index (χ4v) is 4.11. The number of hydrogen-bond acceptors (Lipinski definition) is 7. The number of aliphatic carboxylic acids is 1. The molecular formula is C17H23N3O3S2. The van der Waals surface area contributed by atoms with Gasteiger partial charge in [-0.05, 0) is 11.8 Å². The van der Waals surface area contributed by atoms with Crippen LogP contribution in [0.25, 0.3) is 0 Å². The quantitative estimate of drug-likeness (QED) is 0.571. The van der Waals surface area contributed by atoms with Crippen molar-refractivity contribution in [1.29, 1.82) is 0 Å². The molecule has 25 heavy (non-hydrogen) atoms. The normalized spacial score (nSPS) is 11.5. The first-order valence-electron chi connectivity index (χ1n) is 7.96. The Bertz CT molecular complexity index is 737. The molecule has 136 valence electrons. The zero-order chi connectivity index (χ0) is 18.4. The molecule has 8 heteroatoms. The minimum atomic E-state index is -0.802. The van der Waals surface area contributed by atoms with Gasteiger partial charge in [0.1, 0.15) is 5.76 Å². The summed E-state index contributed by atoms with van der Waals surface area (Å²) in [6, 6.07) is 0.